The molecule has 0 spiro atoms. The fourth-order valence-corrected chi connectivity index (χ4v) is 5.27. The number of nitriles is 1. The third kappa shape index (κ3) is 11.5. The van der Waals surface area contributed by atoms with Gasteiger partial charge in [-0.05, 0) is 86.2 Å². The molecule has 1 atom stereocenters. The van der Waals surface area contributed by atoms with E-state index in [1.807, 2.05) is 54.6 Å². The van der Waals surface area contributed by atoms with Gasteiger partial charge in [0.15, 0.2) is 0 Å². The lowest BCUT2D eigenvalue weighted by Gasteiger charge is -2.29. The van der Waals surface area contributed by atoms with E-state index in [0.29, 0.717) is 0 Å². The van der Waals surface area contributed by atoms with Gasteiger partial charge in [0.25, 0.3) is 5.91 Å². The molecule has 47 heavy (non-hydrogen) atoms. The number of amides is 2. The molecule has 0 aromatic heterocycles. The maximum absolute atomic E-state index is 12.6. The van der Waals surface area contributed by atoms with Crippen LogP contribution < -0.4 is 15.5 Å². The van der Waals surface area contributed by atoms with Gasteiger partial charge >= 0.3 is 12.1 Å². The topological polar surface area (TPSA) is 130 Å². The van der Waals surface area contributed by atoms with Crippen LogP contribution >= 0.6 is 0 Å². The molecule has 10 nitrogen and oxygen atoms in total. The number of esters is 1. The van der Waals surface area contributed by atoms with E-state index < -0.39 is 29.6 Å². The fraction of sp³-hybridized carbons (Fsp3) is 0.405. The quantitative estimate of drug-likeness (QED) is 0.0997. The SMILES string of the molecule is CC(C)(C)OC(=O)N[C@H](CC(=O)OCCOCCNC(=O)/C(C#N)=C/c1ccc2cc(N3CCCCC3)ccc2c1)c1ccccc1. The lowest BCUT2D eigenvalue weighted by Crippen LogP contribution is -2.36. The maximum atomic E-state index is 12.6. The summed E-state index contributed by atoms with van der Waals surface area (Å²) < 4.78 is 16.1. The van der Waals surface area contributed by atoms with Crippen LogP contribution in [0, 0.1) is 11.3 Å². The molecule has 1 aliphatic heterocycles. The average Bonchev–Trinajstić information content (AvgIpc) is 3.06. The molecule has 2 amide bonds. The van der Waals surface area contributed by atoms with E-state index in [2.05, 4.69) is 33.7 Å². The van der Waals surface area contributed by atoms with Crippen LogP contribution in [-0.4, -0.2) is 63.0 Å². The molecule has 1 heterocycles. The van der Waals surface area contributed by atoms with Crippen LogP contribution in [0.2, 0.25) is 0 Å². The van der Waals surface area contributed by atoms with E-state index in [-0.39, 0.29) is 38.4 Å². The third-order valence-corrected chi connectivity index (χ3v) is 7.53. The van der Waals surface area contributed by atoms with Crippen molar-refractivity contribution >= 4 is 40.5 Å². The van der Waals surface area contributed by atoms with Gasteiger partial charge in [0.05, 0.1) is 25.7 Å². The number of nitrogens with one attached hydrogen (secondary N) is 2. The predicted molar refractivity (Wildman–Crippen MR) is 182 cm³/mol. The Labute approximate surface area is 276 Å². The Morgan fingerprint density at radius 3 is 2.38 bits per heavy atom. The van der Waals surface area contributed by atoms with Crippen LogP contribution in [0.25, 0.3) is 16.8 Å². The summed E-state index contributed by atoms with van der Waals surface area (Å²) in [5, 5.41) is 17.2. The molecule has 3 aromatic rings. The van der Waals surface area contributed by atoms with Crippen molar-refractivity contribution < 1.29 is 28.6 Å². The van der Waals surface area contributed by atoms with Crippen molar-refractivity contribution in [1.29, 1.82) is 5.26 Å². The van der Waals surface area contributed by atoms with Crippen LogP contribution in [0.15, 0.2) is 72.3 Å². The van der Waals surface area contributed by atoms with Crippen molar-refractivity contribution in [3.63, 3.8) is 0 Å². The lowest BCUT2D eigenvalue weighted by molar-refractivity contribution is -0.145. The highest BCUT2D eigenvalue weighted by molar-refractivity contribution is 6.02. The maximum Gasteiger partial charge on any atom is 0.408 e. The summed E-state index contributed by atoms with van der Waals surface area (Å²) in [5.74, 6) is -1.00. The highest BCUT2D eigenvalue weighted by atomic mass is 16.6. The van der Waals surface area contributed by atoms with Gasteiger partial charge in [-0.3, -0.25) is 9.59 Å². The molecule has 248 valence electrons. The first-order valence-electron chi connectivity index (χ1n) is 16.1. The minimum Gasteiger partial charge on any atom is -0.463 e. The summed E-state index contributed by atoms with van der Waals surface area (Å²) in [6.45, 7) is 7.93. The number of hydrogen-bond donors (Lipinski definition) is 2. The molecule has 10 heteroatoms. The van der Waals surface area contributed by atoms with Gasteiger partial charge in [0, 0.05) is 25.3 Å². The molecule has 0 bridgehead atoms. The van der Waals surface area contributed by atoms with Crippen molar-refractivity contribution in [1.82, 2.24) is 10.6 Å². The summed E-state index contributed by atoms with van der Waals surface area (Å²) in [6.07, 6.45) is 4.59. The second kappa shape index (κ2) is 17.2. The predicted octanol–water partition coefficient (Wildman–Crippen LogP) is 6.07. The number of carbonyl (C=O) groups is 3. The van der Waals surface area contributed by atoms with Gasteiger partial charge < -0.3 is 29.7 Å². The molecule has 4 rings (SSSR count). The Hall–Kier alpha value is -4.88. The monoisotopic (exact) mass is 640 g/mol. The Morgan fingerprint density at radius 1 is 0.936 bits per heavy atom. The van der Waals surface area contributed by atoms with Gasteiger partial charge in [0.1, 0.15) is 23.9 Å². The van der Waals surface area contributed by atoms with Crippen molar-refractivity contribution in [3.8, 4) is 6.07 Å². The van der Waals surface area contributed by atoms with Crippen molar-refractivity contribution in [2.24, 2.45) is 0 Å². The number of carbonyl (C=O) groups excluding carboxylic acids is 3. The summed E-state index contributed by atoms with van der Waals surface area (Å²) >= 11 is 0. The fourth-order valence-electron chi connectivity index (χ4n) is 5.27. The van der Waals surface area contributed by atoms with Crippen molar-refractivity contribution in [2.75, 3.05) is 44.4 Å². The number of nitrogens with zero attached hydrogens (tertiary/aromatic N) is 2. The number of ether oxygens (including phenoxy) is 3. The van der Waals surface area contributed by atoms with Gasteiger partial charge in [-0.25, -0.2) is 4.79 Å². The summed E-state index contributed by atoms with van der Waals surface area (Å²) in [6, 6.07) is 22.8. The molecular weight excluding hydrogens is 596 g/mol. The first kappa shape index (κ1) is 35.0. The van der Waals surface area contributed by atoms with E-state index in [1.54, 1.807) is 26.8 Å². The molecule has 0 unspecified atom stereocenters. The van der Waals surface area contributed by atoms with Crippen LogP contribution in [0.5, 0.6) is 0 Å². The number of alkyl carbamates (subject to hydrolysis) is 1. The van der Waals surface area contributed by atoms with E-state index in [9.17, 15) is 19.6 Å². The summed E-state index contributed by atoms with van der Waals surface area (Å²) in [5.41, 5.74) is 2.06. The molecule has 0 aliphatic carbocycles. The van der Waals surface area contributed by atoms with Gasteiger partial charge in [0.2, 0.25) is 0 Å². The Balaban J connectivity index is 1.18. The highest BCUT2D eigenvalue weighted by Crippen LogP contribution is 2.26. The summed E-state index contributed by atoms with van der Waals surface area (Å²) in [7, 11) is 0. The van der Waals surface area contributed by atoms with Crippen molar-refractivity contribution in [2.45, 2.75) is 58.1 Å². The zero-order valence-electron chi connectivity index (χ0n) is 27.4. The molecule has 2 N–H and O–H groups in total. The lowest BCUT2D eigenvalue weighted by atomic mass is 10.0. The minimum atomic E-state index is -0.677. The van der Waals surface area contributed by atoms with Gasteiger partial charge in [-0.2, -0.15) is 5.26 Å². The Kier molecular flexibility index (Phi) is 12.8. The van der Waals surface area contributed by atoms with Crippen LogP contribution in [0.3, 0.4) is 0 Å². The molecule has 3 aromatic carbocycles. The second-order valence-corrected chi connectivity index (χ2v) is 12.4. The van der Waals surface area contributed by atoms with E-state index in [4.69, 9.17) is 14.2 Å². The molecule has 1 fully saturated rings. The number of piperidine rings is 1. The van der Waals surface area contributed by atoms with Crippen LogP contribution in [-0.2, 0) is 23.8 Å². The van der Waals surface area contributed by atoms with E-state index >= 15 is 0 Å². The number of benzene rings is 3. The van der Waals surface area contributed by atoms with Gasteiger partial charge in [-0.15, -0.1) is 0 Å². The van der Waals surface area contributed by atoms with Crippen molar-refractivity contribution in [3.05, 3.63) is 83.4 Å². The highest BCUT2D eigenvalue weighted by Gasteiger charge is 2.23. The Morgan fingerprint density at radius 2 is 1.66 bits per heavy atom. The minimum absolute atomic E-state index is 0.00354. The van der Waals surface area contributed by atoms with Crippen LogP contribution in [0.4, 0.5) is 10.5 Å². The first-order chi connectivity index (χ1) is 22.6. The number of fused-ring (bicyclic) bond motifs is 1. The Bertz CT molecular complexity index is 1590. The largest absolute Gasteiger partial charge is 0.463 e. The smallest absolute Gasteiger partial charge is 0.408 e. The normalized spacial score (nSPS) is 14.2. The second-order valence-electron chi connectivity index (χ2n) is 12.4. The number of hydrogen-bond acceptors (Lipinski definition) is 8. The first-order valence-corrected chi connectivity index (χ1v) is 16.1. The van der Waals surface area contributed by atoms with Crippen LogP contribution in [0.1, 0.15) is 63.6 Å². The zero-order chi connectivity index (χ0) is 33.6. The molecule has 1 aliphatic rings. The zero-order valence-corrected chi connectivity index (χ0v) is 27.4. The summed E-state index contributed by atoms with van der Waals surface area (Å²) in [4.78, 5) is 39.9. The molecule has 1 saturated heterocycles. The van der Waals surface area contributed by atoms with E-state index in [0.717, 1.165) is 35.0 Å². The van der Waals surface area contributed by atoms with Gasteiger partial charge in [-0.1, -0.05) is 48.5 Å². The average molecular weight is 641 g/mol. The molecule has 0 saturated carbocycles. The van der Waals surface area contributed by atoms with E-state index in [1.165, 1.54) is 24.9 Å². The number of rotatable bonds is 13. The molecular formula is C37H44N4O6. The standard InChI is InChI=1S/C37H44N4O6/c1-37(2,3)47-36(44)40-33(28-10-6-4-7-11-28)25-34(42)46-21-20-45-19-16-39-35(43)31(26-38)23-27-12-13-30-24-32(15-14-29(30)22-27)41-17-8-5-9-18-41/h4,6-7,10-15,22-24,33H,5,8-9,16-21,25H2,1-3H3,(H,39,43)(H,40,44)/b31-23+/t33-/m1/s1. The molecule has 0 radical (unpaired) electrons. The number of anilines is 1. The third-order valence-electron chi connectivity index (χ3n) is 7.53.